The lowest BCUT2D eigenvalue weighted by atomic mass is 10.1. The minimum Gasteiger partial charge on any atom is -0.370 e. The largest absolute Gasteiger partial charge is 0.370 e. The Morgan fingerprint density at radius 2 is 2.03 bits per heavy atom. The summed E-state index contributed by atoms with van der Waals surface area (Å²) in [4.78, 5) is 17.8. The number of hydrogen-bond acceptors (Lipinski definition) is 5. The van der Waals surface area contributed by atoms with Crippen LogP contribution in [0, 0.1) is 0 Å². The average Bonchev–Trinajstić information content (AvgIpc) is 3.45. The molecule has 8 heteroatoms. The zero-order valence-electron chi connectivity index (χ0n) is 17.6. The van der Waals surface area contributed by atoms with Crippen LogP contribution in [0.3, 0.4) is 0 Å². The van der Waals surface area contributed by atoms with Gasteiger partial charge in [0, 0.05) is 40.2 Å². The number of unbranched alkanes of at least 4 members (excludes halogenated alkanes) is 1. The van der Waals surface area contributed by atoms with Gasteiger partial charge in [0.2, 0.25) is 5.91 Å². The first-order valence-corrected chi connectivity index (χ1v) is 11.7. The molecular formula is C24H24ClN5OS. The van der Waals surface area contributed by atoms with Gasteiger partial charge in [-0.2, -0.15) is 9.61 Å². The fourth-order valence-corrected chi connectivity index (χ4v) is 4.32. The van der Waals surface area contributed by atoms with Crippen molar-refractivity contribution in [3.8, 4) is 11.3 Å². The summed E-state index contributed by atoms with van der Waals surface area (Å²) in [5, 5.41) is 13.5. The van der Waals surface area contributed by atoms with Crippen molar-refractivity contribution in [2.75, 3.05) is 18.4 Å². The monoisotopic (exact) mass is 465 g/mol. The van der Waals surface area contributed by atoms with Crippen LogP contribution in [-0.4, -0.2) is 33.6 Å². The van der Waals surface area contributed by atoms with Gasteiger partial charge in [-0.3, -0.25) is 4.79 Å². The van der Waals surface area contributed by atoms with Crippen molar-refractivity contribution in [1.82, 2.24) is 19.9 Å². The van der Waals surface area contributed by atoms with E-state index in [2.05, 4.69) is 22.3 Å². The maximum atomic E-state index is 12.0. The Morgan fingerprint density at radius 1 is 1.19 bits per heavy atom. The van der Waals surface area contributed by atoms with Crippen molar-refractivity contribution in [1.29, 1.82) is 0 Å². The smallest absolute Gasteiger partial charge is 0.225 e. The summed E-state index contributed by atoms with van der Waals surface area (Å²) in [5.74, 6) is 0.897. The van der Waals surface area contributed by atoms with Gasteiger partial charge in [0.1, 0.15) is 5.82 Å². The van der Waals surface area contributed by atoms with Gasteiger partial charge in [-0.25, -0.2) is 4.98 Å². The molecule has 0 saturated heterocycles. The number of carbonyl (C=O) groups is 1. The number of nitrogens with zero attached hydrogens (tertiary/aromatic N) is 3. The number of fused-ring (bicyclic) bond motifs is 1. The Labute approximate surface area is 196 Å². The van der Waals surface area contributed by atoms with E-state index in [0.717, 1.165) is 52.5 Å². The maximum Gasteiger partial charge on any atom is 0.225 e. The molecule has 0 aliphatic carbocycles. The molecule has 6 nitrogen and oxygen atoms in total. The molecule has 2 N–H and O–H groups in total. The van der Waals surface area contributed by atoms with E-state index >= 15 is 0 Å². The highest BCUT2D eigenvalue weighted by Gasteiger charge is 2.13. The highest BCUT2D eigenvalue weighted by Crippen LogP contribution is 2.29. The number of thiophene rings is 1. The van der Waals surface area contributed by atoms with Crippen molar-refractivity contribution < 1.29 is 4.79 Å². The molecule has 3 aromatic heterocycles. The minimum atomic E-state index is 0.0640. The Kier molecular flexibility index (Phi) is 7.19. The summed E-state index contributed by atoms with van der Waals surface area (Å²) in [7, 11) is 0. The van der Waals surface area contributed by atoms with Gasteiger partial charge in [-0.05, 0) is 30.4 Å². The Morgan fingerprint density at radius 3 is 2.81 bits per heavy atom. The zero-order valence-corrected chi connectivity index (χ0v) is 19.1. The Hall–Kier alpha value is -3.16. The van der Waals surface area contributed by atoms with Crippen molar-refractivity contribution in [3.05, 3.63) is 76.1 Å². The van der Waals surface area contributed by atoms with Crippen molar-refractivity contribution in [3.63, 3.8) is 0 Å². The van der Waals surface area contributed by atoms with Crippen LogP contribution >= 0.6 is 22.9 Å². The number of anilines is 1. The SMILES string of the molecule is C=Cc1cnn2c(NCCCCNC(=O)Cc3cccs3)cc(-c3ccccc3Cl)nc12. The van der Waals surface area contributed by atoms with Gasteiger partial charge in [-0.1, -0.05) is 48.5 Å². The van der Waals surface area contributed by atoms with Crippen LogP contribution in [0.1, 0.15) is 23.3 Å². The number of rotatable bonds is 10. The summed E-state index contributed by atoms with van der Waals surface area (Å²) in [6, 6.07) is 13.5. The highest BCUT2D eigenvalue weighted by atomic mass is 35.5. The molecule has 1 amide bonds. The summed E-state index contributed by atoms with van der Waals surface area (Å²) in [6.07, 6.45) is 5.72. The fourth-order valence-electron chi connectivity index (χ4n) is 3.38. The van der Waals surface area contributed by atoms with Gasteiger partial charge in [0.05, 0.1) is 18.3 Å². The normalized spacial score (nSPS) is 10.9. The van der Waals surface area contributed by atoms with Gasteiger partial charge < -0.3 is 10.6 Å². The summed E-state index contributed by atoms with van der Waals surface area (Å²) >= 11 is 8.01. The quantitative estimate of drug-likeness (QED) is 0.311. The summed E-state index contributed by atoms with van der Waals surface area (Å²) in [5.41, 5.74) is 3.22. The second-order valence-electron chi connectivity index (χ2n) is 7.29. The van der Waals surface area contributed by atoms with Crippen LogP contribution < -0.4 is 10.6 Å². The number of nitrogens with one attached hydrogen (secondary N) is 2. The van der Waals surface area contributed by atoms with E-state index in [1.54, 1.807) is 28.1 Å². The second-order valence-corrected chi connectivity index (χ2v) is 8.73. The lowest BCUT2D eigenvalue weighted by molar-refractivity contribution is -0.120. The summed E-state index contributed by atoms with van der Waals surface area (Å²) < 4.78 is 1.78. The van der Waals surface area contributed by atoms with E-state index in [1.165, 1.54) is 0 Å². The maximum absolute atomic E-state index is 12.0. The Bertz CT molecular complexity index is 1220. The first-order valence-electron chi connectivity index (χ1n) is 10.4. The molecular weight excluding hydrogens is 442 g/mol. The van der Waals surface area contributed by atoms with E-state index in [-0.39, 0.29) is 5.91 Å². The van der Waals surface area contributed by atoms with Gasteiger partial charge >= 0.3 is 0 Å². The third-order valence-corrected chi connectivity index (χ3v) is 6.22. The number of amides is 1. The van der Waals surface area contributed by atoms with Gasteiger partial charge in [0.15, 0.2) is 5.65 Å². The van der Waals surface area contributed by atoms with Crippen LogP contribution in [0.25, 0.3) is 23.0 Å². The van der Waals surface area contributed by atoms with E-state index in [0.29, 0.717) is 18.0 Å². The molecule has 4 rings (SSSR count). The third-order valence-electron chi connectivity index (χ3n) is 5.02. The molecule has 0 spiro atoms. The van der Waals surface area contributed by atoms with E-state index in [4.69, 9.17) is 16.6 Å². The number of halogens is 1. The lowest BCUT2D eigenvalue weighted by Gasteiger charge is -2.12. The molecule has 32 heavy (non-hydrogen) atoms. The molecule has 0 fully saturated rings. The van der Waals surface area contributed by atoms with Crippen LogP contribution in [0.15, 0.2) is 60.6 Å². The van der Waals surface area contributed by atoms with Crippen LogP contribution in [0.5, 0.6) is 0 Å². The average molecular weight is 466 g/mol. The zero-order chi connectivity index (χ0) is 22.3. The molecule has 0 aliphatic heterocycles. The van der Waals surface area contributed by atoms with Crippen LogP contribution in [0.2, 0.25) is 5.02 Å². The lowest BCUT2D eigenvalue weighted by Crippen LogP contribution is -2.26. The van der Waals surface area contributed by atoms with Crippen molar-refractivity contribution >= 4 is 46.4 Å². The molecule has 0 saturated carbocycles. The molecule has 0 bridgehead atoms. The second kappa shape index (κ2) is 10.4. The number of benzene rings is 1. The summed E-state index contributed by atoms with van der Waals surface area (Å²) in [6.45, 7) is 5.26. The predicted molar refractivity (Wildman–Crippen MR) is 132 cm³/mol. The van der Waals surface area contributed by atoms with Gasteiger partial charge in [-0.15, -0.1) is 11.3 Å². The third kappa shape index (κ3) is 5.18. The molecule has 4 aromatic rings. The fraction of sp³-hybridized carbons (Fsp3) is 0.208. The molecule has 0 radical (unpaired) electrons. The predicted octanol–water partition coefficient (Wildman–Crippen LogP) is 5.31. The molecule has 3 heterocycles. The molecule has 0 atom stereocenters. The van der Waals surface area contributed by atoms with Crippen molar-refractivity contribution in [2.24, 2.45) is 0 Å². The topological polar surface area (TPSA) is 71.3 Å². The number of aromatic nitrogens is 3. The molecule has 0 unspecified atom stereocenters. The van der Waals surface area contributed by atoms with Gasteiger partial charge in [0.25, 0.3) is 0 Å². The Balaban J connectivity index is 1.38. The molecule has 164 valence electrons. The number of carbonyl (C=O) groups excluding carboxylic acids is 1. The minimum absolute atomic E-state index is 0.0640. The first-order chi connectivity index (χ1) is 15.7. The van der Waals surface area contributed by atoms with Crippen LogP contribution in [-0.2, 0) is 11.2 Å². The van der Waals surface area contributed by atoms with E-state index in [1.807, 2.05) is 47.8 Å². The number of hydrogen-bond donors (Lipinski definition) is 2. The molecule has 0 aliphatic rings. The first kappa shape index (κ1) is 22.0. The molecule has 1 aromatic carbocycles. The van der Waals surface area contributed by atoms with Crippen molar-refractivity contribution in [2.45, 2.75) is 19.3 Å². The highest BCUT2D eigenvalue weighted by molar-refractivity contribution is 7.10. The van der Waals surface area contributed by atoms with Crippen LogP contribution in [0.4, 0.5) is 5.82 Å². The van der Waals surface area contributed by atoms with E-state index in [9.17, 15) is 4.79 Å². The standard InChI is InChI=1S/C24H24ClN5OS/c1-2-17-16-28-30-22(15-21(29-24(17)30)19-9-3-4-10-20(19)25)26-11-5-6-12-27-23(31)14-18-8-7-13-32-18/h2-4,7-10,13,15-16,26H,1,5-6,11-12,14H2,(H,27,31). The van der Waals surface area contributed by atoms with E-state index < -0.39 is 0 Å².